The fourth-order valence-electron chi connectivity index (χ4n) is 1.93. The summed E-state index contributed by atoms with van der Waals surface area (Å²) < 4.78 is 0. The van der Waals surface area contributed by atoms with Gasteiger partial charge in [0.1, 0.15) is 0 Å². The molecule has 1 rings (SSSR count). The van der Waals surface area contributed by atoms with Crippen molar-refractivity contribution in [2.75, 3.05) is 0 Å². The fraction of sp³-hybridized carbons (Fsp3) is 0.533. The van der Waals surface area contributed by atoms with Gasteiger partial charge in [0.2, 0.25) is 5.91 Å². The number of carbonyl (C=O) groups is 1. The van der Waals surface area contributed by atoms with E-state index in [-0.39, 0.29) is 17.9 Å². The number of amides is 1. The minimum absolute atomic E-state index is 0.0119. The van der Waals surface area contributed by atoms with Crippen molar-refractivity contribution < 1.29 is 4.79 Å². The lowest BCUT2D eigenvalue weighted by atomic mass is 9.97. The minimum Gasteiger partial charge on any atom is -0.348 e. The van der Waals surface area contributed by atoms with Gasteiger partial charge < -0.3 is 11.1 Å². The highest BCUT2D eigenvalue weighted by Crippen LogP contribution is 2.20. The molecule has 0 aliphatic heterocycles. The van der Waals surface area contributed by atoms with Crippen LogP contribution in [0.4, 0.5) is 0 Å². The molecule has 0 heterocycles. The molecule has 3 N–H and O–H groups in total. The number of nitrogens with one attached hydrogen (secondary N) is 1. The van der Waals surface area contributed by atoms with Crippen molar-refractivity contribution in [2.45, 2.75) is 46.7 Å². The first-order chi connectivity index (χ1) is 8.34. The highest BCUT2D eigenvalue weighted by molar-refractivity contribution is 5.82. The molecule has 0 spiro atoms. The third kappa shape index (κ3) is 3.33. The number of nitrogens with two attached hydrogens (primary N) is 1. The Morgan fingerprint density at radius 2 is 1.83 bits per heavy atom. The second kappa shape index (κ2) is 6.01. The second-order valence-electron chi connectivity index (χ2n) is 5.29. The van der Waals surface area contributed by atoms with Crippen molar-refractivity contribution in [3.63, 3.8) is 0 Å². The van der Waals surface area contributed by atoms with Crippen LogP contribution in [0.25, 0.3) is 0 Å². The van der Waals surface area contributed by atoms with E-state index in [1.807, 2.05) is 32.9 Å². The lowest BCUT2D eigenvalue weighted by Gasteiger charge is -2.21. The Hall–Kier alpha value is -1.35. The Kier molecular flexibility index (Phi) is 4.91. The van der Waals surface area contributed by atoms with E-state index in [2.05, 4.69) is 25.2 Å². The second-order valence-corrected chi connectivity index (χ2v) is 5.29. The maximum absolute atomic E-state index is 11.9. The van der Waals surface area contributed by atoms with Gasteiger partial charge in [-0.15, -0.1) is 0 Å². The van der Waals surface area contributed by atoms with Crippen molar-refractivity contribution in [2.24, 2.45) is 11.7 Å². The van der Waals surface area contributed by atoms with E-state index in [9.17, 15) is 4.79 Å². The average Bonchev–Trinajstić information content (AvgIpc) is 2.31. The Bertz CT molecular complexity index is 427. The van der Waals surface area contributed by atoms with Gasteiger partial charge in [0.15, 0.2) is 0 Å². The number of rotatable bonds is 4. The summed E-state index contributed by atoms with van der Waals surface area (Å²) in [7, 11) is 0. The molecular weight excluding hydrogens is 224 g/mol. The summed E-state index contributed by atoms with van der Waals surface area (Å²) in [5, 5.41) is 2.98. The summed E-state index contributed by atoms with van der Waals surface area (Å²) in [6.45, 7) is 10.1. The van der Waals surface area contributed by atoms with Crippen LogP contribution in [0.3, 0.4) is 0 Å². The fourth-order valence-corrected chi connectivity index (χ4v) is 1.93. The summed E-state index contributed by atoms with van der Waals surface area (Å²) in [5.41, 5.74) is 9.46. The molecule has 1 aromatic rings. The van der Waals surface area contributed by atoms with E-state index in [4.69, 9.17) is 5.73 Å². The largest absolute Gasteiger partial charge is 0.348 e. The molecule has 0 saturated carbocycles. The molecule has 1 aromatic carbocycles. The van der Waals surface area contributed by atoms with Crippen LogP contribution < -0.4 is 11.1 Å². The maximum atomic E-state index is 11.9. The average molecular weight is 248 g/mol. The van der Waals surface area contributed by atoms with Crippen LogP contribution in [0, 0.1) is 19.8 Å². The van der Waals surface area contributed by atoms with E-state index >= 15 is 0 Å². The lowest BCUT2D eigenvalue weighted by Crippen LogP contribution is -2.44. The Morgan fingerprint density at radius 1 is 1.22 bits per heavy atom. The molecular formula is C15H24N2O. The number of aryl methyl sites for hydroxylation is 1. The van der Waals surface area contributed by atoms with E-state index in [1.54, 1.807) is 0 Å². The first-order valence-electron chi connectivity index (χ1n) is 6.46. The topological polar surface area (TPSA) is 55.1 Å². The molecule has 18 heavy (non-hydrogen) atoms. The molecule has 3 nitrogen and oxygen atoms in total. The highest BCUT2D eigenvalue weighted by Gasteiger charge is 2.20. The van der Waals surface area contributed by atoms with E-state index in [0.717, 1.165) is 5.56 Å². The van der Waals surface area contributed by atoms with E-state index < -0.39 is 6.04 Å². The molecule has 3 heteroatoms. The van der Waals surface area contributed by atoms with Gasteiger partial charge in [-0.1, -0.05) is 32.0 Å². The van der Waals surface area contributed by atoms with Gasteiger partial charge in [0.05, 0.1) is 12.1 Å². The predicted octanol–water partition coefficient (Wildman–Crippen LogP) is 2.46. The van der Waals surface area contributed by atoms with Crippen LogP contribution in [0.15, 0.2) is 18.2 Å². The first-order valence-corrected chi connectivity index (χ1v) is 6.46. The Morgan fingerprint density at radius 3 is 2.39 bits per heavy atom. The zero-order valence-electron chi connectivity index (χ0n) is 11.9. The van der Waals surface area contributed by atoms with Crippen molar-refractivity contribution in [1.82, 2.24) is 5.32 Å². The molecule has 0 bridgehead atoms. The van der Waals surface area contributed by atoms with Crippen molar-refractivity contribution >= 4 is 5.91 Å². The molecule has 100 valence electrons. The molecule has 0 aliphatic rings. The zero-order chi connectivity index (χ0) is 13.9. The van der Waals surface area contributed by atoms with E-state index in [1.165, 1.54) is 11.1 Å². The lowest BCUT2D eigenvalue weighted by molar-refractivity contribution is -0.123. The molecule has 1 unspecified atom stereocenters. The number of benzene rings is 1. The van der Waals surface area contributed by atoms with Gasteiger partial charge >= 0.3 is 0 Å². The third-order valence-electron chi connectivity index (χ3n) is 3.49. The Labute approximate surface area is 110 Å². The van der Waals surface area contributed by atoms with Gasteiger partial charge in [0.25, 0.3) is 0 Å². The molecule has 2 atom stereocenters. The van der Waals surface area contributed by atoms with E-state index in [0.29, 0.717) is 0 Å². The van der Waals surface area contributed by atoms with Gasteiger partial charge in [-0.2, -0.15) is 0 Å². The number of hydrogen-bond acceptors (Lipinski definition) is 2. The van der Waals surface area contributed by atoms with Crippen LogP contribution in [0.2, 0.25) is 0 Å². The van der Waals surface area contributed by atoms with Crippen LogP contribution >= 0.6 is 0 Å². The van der Waals surface area contributed by atoms with Crippen LogP contribution in [0.5, 0.6) is 0 Å². The SMILES string of the molecule is Cc1cccc(C(C)NC(=O)[C@@H](N)C(C)C)c1C. The summed E-state index contributed by atoms with van der Waals surface area (Å²) >= 11 is 0. The van der Waals surface area contributed by atoms with Crippen molar-refractivity contribution in [3.8, 4) is 0 Å². The molecule has 0 radical (unpaired) electrons. The maximum Gasteiger partial charge on any atom is 0.237 e. The Balaban J connectivity index is 2.80. The summed E-state index contributed by atoms with van der Waals surface area (Å²) in [6.07, 6.45) is 0. The monoisotopic (exact) mass is 248 g/mol. The summed E-state index contributed by atoms with van der Waals surface area (Å²) in [6, 6.07) is 5.68. The van der Waals surface area contributed by atoms with Gasteiger partial charge in [-0.05, 0) is 43.4 Å². The van der Waals surface area contributed by atoms with Crippen molar-refractivity contribution in [3.05, 3.63) is 34.9 Å². The van der Waals surface area contributed by atoms with Crippen LogP contribution in [-0.2, 0) is 4.79 Å². The molecule has 1 amide bonds. The standard InChI is InChI=1S/C15H24N2O/c1-9(2)14(16)15(18)17-12(5)13-8-6-7-10(3)11(13)4/h6-9,12,14H,16H2,1-5H3,(H,17,18)/t12?,14-/m0/s1. The molecule has 0 aliphatic carbocycles. The third-order valence-corrected chi connectivity index (χ3v) is 3.49. The van der Waals surface area contributed by atoms with Gasteiger partial charge in [-0.25, -0.2) is 0 Å². The quantitative estimate of drug-likeness (QED) is 0.860. The van der Waals surface area contributed by atoms with Gasteiger partial charge in [0, 0.05) is 0 Å². The first kappa shape index (κ1) is 14.7. The van der Waals surface area contributed by atoms with Crippen LogP contribution in [0.1, 0.15) is 43.5 Å². The zero-order valence-corrected chi connectivity index (χ0v) is 11.9. The smallest absolute Gasteiger partial charge is 0.237 e. The summed E-state index contributed by atoms with van der Waals surface area (Å²) in [5.74, 6) is 0.0641. The predicted molar refractivity (Wildman–Crippen MR) is 75.3 cm³/mol. The van der Waals surface area contributed by atoms with Crippen molar-refractivity contribution in [1.29, 1.82) is 0 Å². The highest BCUT2D eigenvalue weighted by atomic mass is 16.2. The minimum atomic E-state index is -0.447. The summed E-state index contributed by atoms with van der Waals surface area (Å²) in [4.78, 5) is 11.9. The number of hydrogen-bond donors (Lipinski definition) is 2. The normalized spacial score (nSPS) is 14.4. The molecule has 0 saturated heterocycles. The number of carbonyl (C=O) groups excluding carboxylic acids is 1. The van der Waals surface area contributed by atoms with Crippen LogP contribution in [-0.4, -0.2) is 11.9 Å². The molecule has 0 aromatic heterocycles. The van der Waals surface area contributed by atoms with Gasteiger partial charge in [-0.3, -0.25) is 4.79 Å². The molecule has 0 fully saturated rings.